The molecule has 9 heteroatoms. The normalized spacial score (nSPS) is 12.0. The number of carbonyl (C=O) groups is 2. The lowest BCUT2D eigenvalue weighted by Gasteiger charge is -2.20. The lowest BCUT2D eigenvalue weighted by molar-refractivity contribution is -0.122. The zero-order chi connectivity index (χ0) is 24.9. The highest BCUT2D eigenvalue weighted by Crippen LogP contribution is 2.25. The summed E-state index contributed by atoms with van der Waals surface area (Å²) in [4.78, 5) is 26.0. The highest BCUT2D eigenvalue weighted by molar-refractivity contribution is 7.92. The largest absolute Gasteiger partial charge is 0.481 e. The lowest BCUT2D eigenvalue weighted by Crippen LogP contribution is -2.33. The topological polar surface area (TPSA) is 92.8 Å². The van der Waals surface area contributed by atoms with Crippen LogP contribution >= 0.6 is 11.6 Å². The van der Waals surface area contributed by atoms with E-state index >= 15 is 0 Å². The molecule has 0 fully saturated rings. The zero-order valence-electron chi connectivity index (χ0n) is 19.0. The number of hydrogen-bond donors (Lipinski definition) is 1. The number of amides is 1. The van der Waals surface area contributed by atoms with Gasteiger partial charge in [0.2, 0.25) is 10.0 Å². The molecule has 0 unspecified atom stereocenters. The predicted octanol–water partition coefficient (Wildman–Crippen LogP) is 4.76. The molecule has 0 bridgehead atoms. The maximum absolute atomic E-state index is 13.0. The van der Waals surface area contributed by atoms with Crippen molar-refractivity contribution < 1.29 is 22.7 Å². The van der Waals surface area contributed by atoms with Gasteiger partial charge in [-0.3, -0.25) is 13.9 Å². The lowest BCUT2D eigenvalue weighted by atomic mass is 10.0. The second-order valence-electron chi connectivity index (χ2n) is 7.61. The van der Waals surface area contributed by atoms with Crippen LogP contribution in [-0.2, 0) is 14.8 Å². The molecule has 0 aliphatic heterocycles. The summed E-state index contributed by atoms with van der Waals surface area (Å²) >= 11 is 6.11. The van der Waals surface area contributed by atoms with E-state index in [4.69, 9.17) is 16.3 Å². The Kier molecular flexibility index (Phi) is 7.96. The Balaban J connectivity index is 1.77. The summed E-state index contributed by atoms with van der Waals surface area (Å²) in [5.41, 5.74) is 1.55. The summed E-state index contributed by atoms with van der Waals surface area (Å²) in [6.45, 7) is 1.80. The summed E-state index contributed by atoms with van der Waals surface area (Å²) in [6.07, 6.45) is 0.642. The molecule has 0 aromatic heterocycles. The first-order valence-electron chi connectivity index (χ1n) is 10.5. The number of rotatable bonds is 9. The fourth-order valence-electron chi connectivity index (χ4n) is 3.18. The number of ketones is 1. The molecule has 1 amide bonds. The summed E-state index contributed by atoms with van der Waals surface area (Å²) in [5, 5.41) is 3.15. The van der Waals surface area contributed by atoms with Crippen LogP contribution in [0.2, 0.25) is 5.02 Å². The maximum Gasteiger partial charge on any atom is 0.265 e. The third-order valence-electron chi connectivity index (χ3n) is 5.16. The Hall–Kier alpha value is -3.36. The number of benzene rings is 3. The zero-order valence-corrected chi connectivity index (χ0v) is 20.6. The molecular weight excluding hydrogens is 476 g/mol. The second-order valence-corrected chi connectivity index (χ2v) is 10.1. The Labute approximate surface area is 204 Å². The number of sulfonamides is 1. The van der Waals surface area contributed by atoms with Crippen molar-refractivity contribution in [2.75, 3.05) is 22.9 Å². The third kappa shape index (κ3) is 6.15. The molecule has 0 saturated heterocycles. The summed E-state index contributed by atoms with van der Waals surface area (Å²) in [6, 6.07) is 19.8. The minimum absolute atomic E-state index is 0.266. The molecule has 7 nitrogen and oxygen atoms in total. The predicted molar refractivity (Wildman–Crippen MR) is 134 cm³/mol. The molecule has 34 heavy (non-hydrogen) atoms. The monoisotopic (exact) mass is 500 g/mol. The fraction of sp³-hybridized carbons (Fsp3) is 0.200. The molecule has 0 radical (unpaired) electrons. The van der Waals surface area contributed by atoms with Crippen molar-refractivity contribution in [1.82, 2.24) is 0 Å². The van der Waals surface area contributed by atoms with Crippen LogP contribution in [0, 0.1) is 0 Å². The van der Waals surface area contributed by atoms with Gasteiger partial charge in [-0.25, -0.2) is 8.42 Å². The number of ether oxygens (including phenoxy) is 1. The third-order valence-corrected chi connectivity index (χ3v) is 6.60. The number of carbonyl (C=O) groups excluding carboxylic acids is 2. The van der Waals surface area contributed by atoms with Gasteiger partial charge in [0.1, 0.15) is 5.75 Å². The Morgan fingerprint density at radius 3 is 2.26 bits per heavy atom. The van der Waals surface area contributed by atoms with Gasteiger partial charge in [0.15, 0.2) is 11.9 Å². The van der Waals surface area contributed by atoms with Gasteiger partial charge in [-0.2, -0.15) is 0 Å². The van der Waals surface area contributed by atoms with Crippen molar-refractivity contribution in [2.24, 2.45) is 0 Å². The SMILES string of the molecule is CC[C@@H](Oc1ccc(N(C)S(C)(=O)=O)cc1)C(=O)Nc1ccc(Cl)cc1C(=O)c1ccccc1. The van der Waals surface area contributed by atoms with Crippen LogP contribution in [0.4, 0.5) is 11.4 Å². The van der Waals surface area contributed by atoms with Crippen molar-refractivity contribution >= 4 is 44.7 Å². The van der Waals surface area contributed by atoms with Crippen LogP contribution in [-0.4, -0.2) is 39.5 Å². The Morgan fingerprint density at radius 2 is 1.68 bits per heavy atom. The van der Waals surface area contributed by atoms with E-state index in [9.17, 15) is 18.0 Å². The van der Waals surface area contributed by atoms with Gasteiger partial charge in [-0.15, -0.1) is 0 Å². The van der Waals surface area contributed by atoms with Crippen LogP contribution in [0.3, 0.4) is 0 Å². The highest BCUT2D eigenvalue weighted by atomic mass is 35.5. The second kappa shape index (κ2) is 10.7. The average Bonchev–Trinajstić information content (AvgIpc) is 2.83. The van der Waals surface area contributed by atoms with Crippen LogP contribution in [0.15, 0.2) is 72.8 Å². The highest BCUT2D eigenvalue weighted by Gasteiger charge is 2.22. The minimum Gasteiger partial charge on any atom is -0.481 e. The van der Waals surface area contributed by atoms with Crippen molar-refractivity contribution in [3.05, 3.63) is 88.9 Å². The van der Waals surface area contributed by atoms with Gasteiger partial charge in [0.05, 0.1) is 17.6 Å². The van der Waals surface area contributed by atoms with E-state index < -0.39 is 22.0 Å². The van der Waals surface area contributed by atoms with Gasteiger partial charge in [0.25, 0.3) is 5.91 Å². The maximum atomic E-state index is 13.0. The van der Waals surface area contributed by atoms with Crippen LogP contribution in [0.1, 0.15) is 29.3 Å². The Morgan fingerprint density at radius 1 is 1.03 bits per heavy atom. The van der Waals surface area contributed by atoms with E-state index in [1.165, 1.54) is 13.1 Å². The smallest absolute Gasteiger partial charge is 0.265 e. The minimum atomic E-state index is -3.39. The van der Waals surface area contributed by atoms with E-state index in [1.807, 2.05) is 6.07 Å². The van der Waals surface area contributed by atoms with Crippen molar-refractivity contribution in [1.29, 1.82) is 0 Å². The summed E-state index contributed by atoms with van der Waals surface area (Å²) in [7, 11) is -1.94. The van der Waals surface area contributed by atoms with Crippen LogP contribution in [0.5, 0.6) is 5.75 Å². The number of hydrogen-bond acceptors (Lipinski definition) is 5. The molecule has 1 N–H and O–H groups in total. The summed E-state index contributed by atoms with van der Waals surface area (Å²) in [5.74, 6) is -0.286. The van der Waals surface area contributed by atoms with Crippen molar-refractivity contribution in [2.45, 2.75) is 19.4 Å². The van der Waals surface area contributed by atoms with Gasteiger partial charge < -0.3 is 10.1 Å². The van der Waals surface area contributed by atoms with Gasteiger partial charge >= 0.3 is 0 Å². The van der Waals surface area contributed by atoms with Gasteiger partial charge in [-0.1, -0.05) is 48.9 Å². The molecule has 0 aliphatic carbocycles. The first-order valence-corrected chi connectivity index (χ1v) is 12.7. The molecule has 3 aromatic rings. The first-order chi connectivity index (χ1) is 16.1. The van der Waals surface area contributed by atoms with Crippen molar-refractivity contribution in [3.8, 4) is 5.75 Å². The Bertz CT molecular complexity index is 1280. The molecule has 178 valence electrons. The van der Waals surface area contributed by atoms with E-state index in [1.54, 1.807) is 67.6 Å². The fourth-order valence-corrected chi connectivity index (χ4v) is 3.86. The number of halogens is 1. The quantitative estimate of drug-likeness (QED) is 0.427. The van der Waals surface area contributed by atoms with E-state index in [0.717, 1.165) is 10.6 Å². The molecule has 0 spiro atoms. The molecule has 3 aromatic carbocycles. The number of nitrogens with zero attached hydrogens (tertiary/aromatic N) is 1. The van der Waals surface area contributed by atoms with Crippen LogP contribution in [0.25, 0.3) is 0 Å². The van der Waals surface area contributed by atoms with Crippen LogP contribution < -0.4 is 14.4 Å². The molecular formula is C25H25ClN2O5S. The van der Waals surface area contributed by atoms with Crippen molar-refractivity contribution in [3.63, 3.8) is 0 Å². The first kappa shape index (κ1) is 25.3. The van der Waals surface area contributed by atoms with Gasteiger partial charge in [-0.05, 0) is 48.9 Å². The van der Waals surface area contributed by atoms with E-state index in [-0.39, 0.29) is 11.3 Å². The molecule has 1 atom stereocenters. The van der Waals surface area contributed by atoms with Gasteiger partial charge in [0, 0.05) is 23.2 Å². The van der Waals surface area contributed by atoms with E-state index in [2.05, 4.69) is 5.32 Å². The number of anilines is 2. The van der Waals surface area contributed by atoms with E-state index in [0.29, 0.717) is 34.1 Å². The molecule has 0 aliphatic rings. The molecule has 3 rings (SSSR count). The molecule has 0 saturated carbocycles. The molecule has 0 heterocycles. The average molecular weight is 501 g/mol. The summed E-state index contributed by atoms with van der Waals surface area (Å²) < 4.78 is 30.4. The number of nitrogens with one attached hydrogen (secondary N) is 1. The standard InChI is InChI=1S/C25H25ClN2O5S/c1-4-23(33-20-13-11-19(12-14-20)28(2)34(3,31)32)25(30)27-22-15-10-18(26)16-21(22)24(29)17-8-6-5-7-9-17/h5-16,23H,4H2,1-3H3,(H,27,30)/t23-/m1/s1.